The summed E-state index contributed by atoms with van der Waals surface area (Å²) in [4.78, 5) is 16.6. The number of carbonyl (C=O) groups excluding carboxylic acids is 1. The molecule has 154 valence electrons. The smallest absolute Gasteiger partial charge is 0.238 e. The molecule has 6 heteroatoms. The van der Waals surface area contributed by atoms with Crippen molar-refractivity contribution in [3.63, 3.8) is 0 Å². The van der Waals surface area contributed by atoms with E-state index in [1.54, 1.807) is 4.90 Å². The largest absolute Gasteiger partial charge is 0.394 e. The number of aliphatic hydroxyl groups excluding tert-OH is 1. The van der Waals surface area contributed by atoms with Gasteiger partial charge in [0.2, 0.25) is 5.91 Å². The van der Waals surface area contributed by atoms with Gasteiger partial charge >= 0.3 is 0 Å². The summed E-state index contributed by atoms with van der Waals surface area (Å²) in [6, 6.07) is 9.66. The SMILES string of the molecule is N#C[C@H]1[C@H](c2ccccc2C2=CCCCC2)[C@H](CO)N1C(=O)CN1CCOCC1. The third kappa shape index (κ3) is 3.95. The Balaban J connectivity index is 1.57. The van der Waals surface area contributed by atoms with Crippen LogP contribution in [-0.2, 0) is 9.53 Å². The Kier molecular flexibility index (Phi) is 6.29. The summed E-state index contributed by atoms with van der Waals surface area (Å²) in [7, 11) is 0. The Hall–Kier alpha value is -2.20. The van der Waals surface area contributed by atoms with Crippen LogP contribution in [0.1, 0.15) is 42.7 Å². The summed E-state index contributed by atoms with van der Waals surface area (Å²) in [6.45, 7) is 2.84. The molecule has 2 saturated heterocycles. The van der Waals surface area contributed by atoms with Gasteiger partial charge in [0.1, 0.15) is 6.04 Å². The third-order valence-electron chi connectivity index (χ3n) is 6.44. The van der Waals surface area contributed by atoms with Crippen LogP contribution >= 0.6 is 0 Å². The minimum Gasteiger partial charge on any atom is -0.394 e. The van der Waals surface area contributed by atoms with E-state index in [0.29, 0.717) is 13.2 Å². The highest BCUT2D eigenvalue weighted by molar-refractivity contribution is 5.81. The summed E-state index contributed by atoms with van der Waals surface area (Å²) in [5.41, 5.74) is 3.59. The van der Waals surface area contributed by atoms with Gasteiger partial charge in [-0.2, -0.15) is 5.26 Å². The molecular weight excluding hydrogens is 366 g/mol. The van der Waals surface area contributed by atoms with Crippen molar-refractivity contribution >= 4 is 11.5 Å². The molecule has 0 spiro atoms. The molecule has 3 aliphatic rings. The van der Waals surface area contributed by atoms with Crippen molar-refractivity contribution in [2.75, 3.05) is 39.5 Å². The molecule has 0 radical (unpaired) electrons. The molecule has 4 rings (SSSR count). The van der Waals surface area contributed by atoms with E-state index < -0.39 is 6.04 Å². The number of likely N-dealkylation sites (tertiary alicyclic amines) is 1. The maximum atomic E-state index is 13.0. The van der Waals surface area contributed by atoms with E-state index in [2.05, 4.69) is 29.2 Å². The van der Waals surface area contributed by atoms with E-state index in [9.17, 15) is 15.2 Å². The van der Waals surface area contributed by atoms with Gasteiger partial charge in [0.15, 0.2) is 0 Å². The lowest BCUT2D eigenvalue weighted by molar-refractivity contribution is -0.149. The van der Waals surface area contributed by atoms with Crippen LogP contribution in [0.15, 0.2) is 30.3 Å². The van der Waals surface area contributed by atoms with Crippen molar-refractivity contribution in [1.29, 1.82) is 5.26 Å². The standard InChI is InChI=1S/C23H29N3O3/c24-14-20-23(19-9-5-4-8-18(19)17-6-2-1-3-7-17)21(16-27)26(20)22(28)15-25-10-12-29-13-11-25/h4-6,8-9,20-21,23,27H,1-3,7,10-13,15-16H2/t20-,21-,23-/m0/s1. The van der Waals surface area contributed by atoms with Crippen LogP contribution < -0.4 is 0 Å². The Morgan fingerprint density at radius 2 is 2.03 bits per heavy atom. The molecule has 1 N–H and O–H groups in total. The van der Waals surface area contributed by atoms with Crippen molar-refractivity contribution in [2.45, 2.75) is 43.7 Å². The van der Waals surface area contributed by atoms with Crippen molar-refractivity contribution in [3.05, 3.63) is 41.5 Å². The van der Waals surface area contributed by atoms with E-state index in [1.165, 1.54) is 24.0 Å². The van der Waals surface area contributed by atoms with Gasteiger partial charge < -0.3 is 14.7 Å². The highest BCUT2D eigenvalue weighted by Gasteiger charge is 2.52. The first kappa shape index (κ1) is 20.1. The number of hydrogen-bond donors (Lipinski definition) is 1. The van der Waals surface area contributed by atoms with Gasteiger partial charge in [0, 0.05) is 19.0 Å². The van der Waals surface area contributed by atoms with Crippen LogP contribution in [0.3, 0.4) is 0 Å². The fraction of sp³-hybridized carbons (Fsp3) is 0.565. The minimum atomic E-state index is -0.536. The zero-order valence-corrected chi connectivity index (χ0v) is 16.8. The molecular formula is C23H29N3O3. The third-order valence-corrected chi connectivity index (χ3v) is 6.44. The van der Waals surface area contributed by atoms with Crippen LogP contribution in [0.25, 0.3) is 5.57 Å². The van der Waals surface area contributed by atoms with E-state index >= 15 is 0 Å². The first-order chi connectivity index (χ1) is 14.2. The molecule has 2 fully saturated rings. The van der Waals surface area contributed by atoms with Gasteiger partial charge in [-0.1, -0.05) is 30.3 Å². The maximum Gasteiger partial charge on any atom is 0.238 e. The quantitative estimate of drug-likeness (QED) is 0.827. The summed E-state index contributed by atoms with van der Waals surface area (Å²) < 4.78 is 5.35. The summed E-state index contributed by atoms with van der Waals surface area (Å²) in [6.07, 6.45) is 6.84. The molecule has 1 aromatic rings. The number of ether oxygens (including phenoxy) is 1. The van der Waals surface area contributed by atoms with Gasteiger partial charge in [0.25, 0.3) is 0 Å². The van der Waals surface area contributed by atoms with E-state index in [1.807, 2.05) is 12.1 Å². The highest BCUT2D eigenvalue weighted by atomic mass is 16.5. The van der Waals surface area contributed by atoms with E-state index in [0.717, 1.165) is 31.5 Å². The Morgan fingerprint density at radius 1 is 1.24 bits per heavy atom. The molecule has 1 aromatic carbocycles. The number of allylic oxidation sites excluding steroid dienone is 2. The Bertz CT molecular complexity index is 810. The van der Waals surface area contributed by atoms with Crippen molar-refractivity contribution < 1.29 is 14.6 Å². The van der Waals surface area contributed by atoms with Crippen molar-refractivity contribution in [3.8, 4) is 6.07 Å². The molecule has 0 saturated carbocycles. The number of amides is 1. The minimum absolute atomic E-state index is 0.0805. The second-order valence-corrected chi connectivity index (χ2v) is 8.10. The number of rotatable bonds is 5. The number of aliphatic hydroxyl groups is 1. The van der Waals surface area contributed by atoms with Gasteiger partial charge in [-0.3, -0.25) is 9.69 Å². The maximum absolute atomic E-state index is 13.0. The second-order valence-electron chi connectivity index (χ2n) is 8.10. The number of hydrogen-bond acceptors (Lipinski definition) is 5. The predicted molar refractivity (Wildman–Crippen MR) is 110 cm³/mol. The number of nitriles is 1. The van der Waals surface area contributed by atoms with Crippen LogP contribution in [0, 0.1) is 11.3 Å². The first-order valence-electron chi connectivity index (χ1n) is 10.6. The van der Waals surface area contributed by atoms with Crippen LogP contribution in [0.2, 0.25) is 0 Å². The topological polar surface area (TPSA) is 76.8 Å². The molecule has 0 aromatic heterocycles. The van der Waals surface area contributed by atoms with Crippen molar-refractivity contribution in [1.82, 2.24) is 9.80 Å². The monoisotopic (exact) mass is 395 g/mol. The van der Waals surface area contributed by atoms with E-state index in [-0.39, 0.29) is 31.0 Å². The molecule has 0 unspecified atom stereocenters. The predicted octanol–water partition coefficient (Wildman–Crippen LogP) is 2.16. The highest BCUT2D eigenvalue weighted by Crippen LogP contribution is 2.44. The number of nitrogens with zero attached hydrogens (tertiary/aromatic N) is 3. The Morgan fingerprint density at radius 3 is 2.72 bits per heavy atom. The van der Waals surface area contributed by atoms with Gasteiger partial charge in [-0.05, 0) is 42.4 Å². The second kappa shape index (κ2) is 9.08. The number of morpholine rings is 1. The molecule has 2 aliphatic heterocycles. The summed E-state index contributed by atoms with van der Waals surface area (Å²) in [5.74, 6) is -0.235. The fourth-order valence-corrected chi connectivity index (χ4v) is 4.92. The van der Waals surface area contributed by atoms with Gasteiger partial charge in [0.05, 0.1) is 38.5 Å². The summed E-state index contributed by atoms with van der Waals surface area (Å²) in [5, 5.41) is 20.0. The van der Waals surface area contributed by atoms with Crippen molar-refractivity contribution in [2.24, 2.45) is 0 Å². The van der Waals surface area contributed by atoms with Crippen LogP contribution in [-0.4, -0.2) is 72.4 Å². The normalized spacial score (nSPS) is 27.7. The lowest BCUT2D eigenvalue weighted by Gasteiger charge is -2.52. The zero-order valence-electron chi connectivity index (χ0n) is 16.8. The Labute approximate surface area is 172 Å². The fourth-order valence-electron chi connectivity index (χ4n) is 4.92. The summed E-state index contributed by atoms with van der Waals surface area (Å²) >= 11 is 0. The lowest BCUT2D eigenvalue weighted by Crippen LogP contribution is -2.66. The molecule has 1 aliphatic carbocycles. The molecule has 0 bridgehead atoms. The molecule has 2 heterocycles. The molecule has 3 atom stereocenters. The average Bonchev–Trinajstić information content (AvgIpc) is 2.75. The van der Waals surface area contributed by atoms with Gasteiger partial charge in [-0.15, -0.1) is 0 Å². The van der Waals surface area contributed by atoms with Gasteiger partial charge in [-0.25, -0.2) is 0 Å². The molecule has 1 amide bonds. The number of benzene rings is 1. The van der Waals surface area contributed by atoms with E-state index in [4.69, 9.17) is 4.74 Å². The van der Waals surface area contributed by atoms with Crippen LogP contribution in [0.4, 0.5) is 0 Å². The molecule has 29 heavy (non-hydrogen) atoms. The lowest BCUT2D eigenvalue weighted by atomic mass is 9.72. The number of carbonyl (C=O) groups is 1. The zero-order chi connectivity index (χ0) is 20.2. The molecule has 6 nitrogen and oxygen atoms in total. The van der Waals surface area contributed by atoms with Crippen LogP contribution in [0.5, 0.6) is 0 Å². The average molecular weight is 396 g/mol. The first-order valence-corrected chi connectivity index (χ1v) is 10.6.